The molecule has 0 spiro atoms. The number of aliphatic hydroxyl groups excluding tert-OH is 1. The van der Waals surface area contributed by atoms with Crippen molar-refractivity contribution in [2.75, 3.05) is 7.11 Å². The molecule has 3 aromatic rings. The number of likely N-dealkylation sites (tertiary alicyclic amines) is 1. The normalized spacial score (nSPS) is 17.2. The molecule has 1 aliphatic heterocycles. The van der Waals surface area contributed by atoms with E-state index in [1.54, 1.807) is 48.5 Å². The molecule has 6 nitrogen and oxygen atoms in total. The van der Waals surface area contributed by atoms with Crippen LogP contribution in [0.4, 0.5) is 13.2 Å². The highest BCUT2D eigenvalue weighted by Gasteiger charge is 2.46. The molecule has 1 fully saturated rings. The van der Waals surface area contributed by atoms with Crippen molar-refractivity contribution in [3.63, 3.8) is 0 Å². The average molecular weight is 526 g/mol. The standard InChI is InChI=1S/C29H26F3NO5/c1-17(2)38-23-13-9-20(10-14-23)26(34)24-25(19-7-11-22(37-3)12-8-19)33(28(36)27(24)35)16-18-5-4-6-21(15-18)29(30,31)32/h4-15,17,25,34H,16H2,1-3H3/b26-24+. The molecule has 1 N–H and O–H groups in total. The predicted octanol–water partition coefficient (Wildman–Crippen LogP) is 6.12. The number of amides is 1. The molecule has 0 aromatic heterocycles. The molecule has 0 bridgehead atoms. The van der Waals surface area contributed by atoms with Crippen molar-refractivity contribution < 1.29 is 37.3 Å². The molecule has 0 radical (unpaired) electrons. The first-order chi connectivity index (χ1) is 18.0. The van der Waals surface area contributed by atoms with E-state index in [4.69, 9.17) is 9.47 Å². The molecule has 1 heterocycles. The number of hydrogen-bond acceptors (Lipinski definition) is 5. The SMILES string of the molecule is COc1ccc(C2/C(=C(\O)c3ccc(OC(C)C)cc3)C(=O)C(=O)N2Cc2cccc(C(F)(F)F)c2)cc1. The van der Waals surface area contributed by atoms with Crippen LogP contribution in [-0.4, -0.2) is 34.9 Å². The molecule has 1 saturated heterocycles. The molecular weight excluding hydrogens is 499 g/mol. The first-order valence-corrected chi connectivity index (χ1v) is 11.8. The Bertz CT molecular complexity index is 1360. The smallest absolute Gasteiger partial charge is 0.416 e. The van der Waals surface area contributed by atoms with E-state index >= 15 is 0 Å². The summed E-state index contributed by atoms with van der Waals surface area (Å²) >= 11 is 0. The van der Waals surface area contributed by atoms with Gasteiger partial charge in [-0.1, -0.05) is 24.3 Å². The fourth-order valence-corrected chi connectivity index (χ4v) is 4.34. The Kier molecular flexibility index (Phi) is 7.48. The van der Waals surface area contributed by atoms with Gasteiger partial charge in [0.15, 0.2) is 0 Å². The second-order valence-corrected chi connectivity index (χ2v) is 9.09. The molecule has 0 saturated carbocycles. The molecule has 1 unspecified atom stereocenters. The van der Waals surface area contributed by atoms with Crippen molar-refractivity contribution >= 4 is 17.4 Å². The lowest BCUT2D eigenvalue weighted by Crippen LogP contribution is -2.29. The van der Waals surface area contributed by atoms with E-state index in [2.05, 4.69) is 0 Å². The molecule has 9 heteroatoms. The van der Waals surface area contributed by atoms with Crippen LogP contribution in [0.25, 0.3) is 5.76 Å². The number of carbonyl (C=O) groups excluding carboxylic acids is 2. The highest BCUT2D eigenvalue weighted by molar-refractivity contribution is 6.46. The van der Waals surface area contributed by atoms with Crippen LogP contribution in [0, 0.1) is 0 Å². The van der Waals surface area contributed by atoms with Crippen molar-refractivity contribution in [2.24, 2.45) is 0 Å². The van der Waals surface area contributed by atoms with Crippen molar-refractivity contribution in [1.82, 2.24) is 4.90 Å². The van der Waals surface area contributed by atoms with Crippen LogP contribution in [0.2, 0.25) is 0 Å². The summed E-state index contributed by atoms with van der Waals surface area (Å²) in [5.41, 5.74) is -0.0636. The lowest BCUT2D eigenvalue weighted by atomic mass is 9.95. The minimum Gasteiger partial charge on any atom is -0.507 e. The number of benzene rings is 3. The number of Topliss-reactive ketones (excluding diaryl/α,β-unsaturated/α-hetero) is 1. The summed E-state index contributed by atoms with van der Waals surface area (Å²) in [6.07, 6.45) is -4.63. The van der Waals surface area contributed by atoms with Gasteiger partial charge in [-0.15, -0.1) is 0 Å². The number of aliphatic hydroxyl groups is 1. The quantitative estimate of drug-likeness (QED) is 0.228. The molecule has 1 aliphatic rings. The summed E-state index contributed by atoms with van der Waals surface area (Å²) in [6, 6.07) is 16.5. The zero-order valence-electron chi connectivity index (χ0n) is 21.0. The van der Waals surface area contributed by atoms with Gasteiger partial charge in [-0.3, -0.25) is 9.59 Å². The Labute approximate surface area is 217 Å². The fraction of sp³-hybridized carbons (Fsp3) is 0.241. The van der Waals surface area contributed by atoms with Gasteiger partial charge in [0.05, 0.1) is 30.4 Å². The van der Waals surface area contributed by atoms with Gasteiger partial charge in [-0.05, 0) is 73.5 Å². The Balaban J connectivity index is 1.80. The molecular formula is C29H26F3NO5. The monoisotopic (exact) mass is 525 g/mol. The lowest BCUT2D eigenvalue weighted by molar-refractivity contribution is -0.140. The van der Waals surface area contributed by atoms with Crippen LogP contribution in [0.15, 0.2) is 78.4 Å². The third-order valence-electron chi connectivity index (χ3n) is 6.08. The van der Waals surface area contributed by atoms with Gasteiger partial charge in [0.25, 0.3) is 11.7 Å². The maximum Gasteiger partial charge on any atom is 0.416 e. The van der Waals surface area contributed by atoms with Crippen LogP contribution >= 0.6 is 0 Å². The first-order valence-electron chi connectivity index (χ1n) is 11.8. The summed E-state index contributed by atoms with van der Waals surface area (Å²) in [4.78, 5) is 27.6. The van der Waals surface area contributed by atoms with E-state index in [-0.39, 0.29) is 29.3 Å². The number of ketones is 1. The summed E-state index contributed by atoms with van der Waals surface area (Å²) in [5.74, 6) is -1.16. The molecule has 38 heavy (non-hydrogen) atoms. The lowest BCUT2D eigenvalue weighted by Gasteiger charge is -2.26. The molecule has 198 valence electrons. The Morgan fingerprint density at radius 3 is 2.18 bits per heavy atom. The van der Waals surface area contributed by atoms with Crippen molar-refractivity contribution in [2.45, 2.75) is 38.7 Å². The average Bonchev–Trinajstić information content (AvgIpc) is 3.13. The van der Waals surface area contributed by atoms with E-state index < -0.39 is 35.2 Å². The number of alkyl halides is 3. The highest BCUT2D eigenvalue weighted by atomic mass is 19.4. The Hall–Kier alpha value is -4.27. The highest BCUT2D eigenvalue weighted by Crippen LogP contribution is 2.41. The summed E-state index contributed by atoms with van der Waals surface area (Å²) < 4.78 is 50.7. The predicted molar refractivity (Wildman–Crippen MR) is 134 cm³/mol. The molecule has 0 aliphatic carbocycles. The third kappa shape index (κ3) is 5.51. The number of halogens is 3. The van der Waals surface area contributed by atoms with Crippen LogP contribution in [0.5, 0.6) is 11.5 Å². The number of methoxy groups -OCH3 is 1. The zero-order valence-corrected chi connectivity index (χ0v) is 21.0. The molecule has 1 atom stereocenters. The largest absolute Gasteiger partial charge is 0.507 e. The van der Waals surface area contributed by atoms with Gasteiger partial charge in [0, 0.05) is 12.1 Å². The Morgan fingerprint density at radius 2 is 1.61 bits per heavy atom. The van der Waals surface area contributed by atoms with E-state index in [9.17, 15) is 27.9 Å². The van der Waals surface area contributed by atoms with Gasteiger partial charge < -0.3 is 19.5 Å². The summed E-state index contributed by atoms with van der Waals surface area (Å²) in [7, 11) is 1.49. The second-order valence-electron chi connectivity index (χ2n) is 9.09. The minimum atomic E-state index is -4.56. The first kappa shape index (κ1) is 26.8. The van der Waals surface area contributed by atoms with E-state index in [1.807, 2.05) is 13.8 Å². The molecule has 4 rings (SSSR count). The Morgan fingerprint density at radius 1 is 0.974 bits per heavy atom. The maximum absolute atomic E-state index is 13.3. The second kappa shape index (κ2) is 10.6. The van der Waals surface area contributed by atoms with Crippen molar-refractivity contribution in [1.29, 1.82) is 0 Å². The third-order valence-corrected chi connectivity index (χ3v) is 6.08. The van der Waals surface area contributed by atoms with E-state index in [1.165, 1.54) is 24.1 Å². The van der Waals surface area contributed by atoms with Gasteiger partial charge >= 0.3 is 6.18 Å². The fourth-order valence-electron chi connectivity index (χ4n) is 4.34. The topological polar surface area (TPSA) is 76.1 Å². The van der Waals surface area contributed by atoms with Crippen LogP contribution in [0.3, 0.4) is 0 Å². The number of rotatable bonds is 7. The van der Waals surface area contributed by atoms with E-state index in [0.717, 1.165) is 12.1 Å². The van der Waals surface area contributed by atoms with Gasteiger partial charge in [0.1, 0.15) is 17.3 Å². The summed E-state index contributed by atoms with van der Waals surface area (Å²) in [5, 5.41) is 11.2. The van der Waals surface area contributed by atoms with E-state index in [0.29, 0.717) is 17.1 Å². The number of hydrogen-bond donors (Lipinski definition) is 1. The van der Waals surface area contributed by atoms with Gasteiger partial charge in [-0.25, -0.2) is 0 Å². The van der Waals surface area contributed by atoms with Crippen molar-refractivity contribution in [3.8, 4) is 11.5 Å². The van der Waals surface area contributed by atoms with Gasteiger partial charge in [0.2, 0.25) is 0 Å². The van der Waals surface area contributed by atoms with Gasteiger partial charge in [-0.2, -0.15) is 13.2 Å². The summed E-state index contributed by atoms with van der Waals surface area (Å²) in [6.45, 7) is 3.46. The van der Waals surface area contributed by atoms with Crippen LogP contribution < -0.4 is 9.47 Å². The number of nitrogens with zero attached hydrogens (tertiary/aromatic N) is 1. The van der Waals surface area contributed by atoms with Crippen LogP contribution in [0.1, 0.15) is 42.1 Å². The van der Waals surface area contributed by atoms with Crippen molar-refractivity contribution in [3.05, 3.63) is 101 Å². The maximum atomic E-state index is 13.3. The van der Waals surface area contributed by atoms with Crippen LogP contribution in [-0.2, 0) is 22.3 Å². The molecule has 3 aromatic carbocycles. The number of ether oxygens (including phenoxy) is 2. The minimum absolute atomic E-state index is 0.0642. The molecule has 1 amide bonds. The number of carbonyl (C=O) groups is 2. The zero-order chi connectivity index (χ0) is 27.6.